The van der Waals surface area contributed by atoms with Gasteiger partial charge in [0.2, 0.25) is 0 Å². The predicted molar refractivity (Wildman–Crippen MR) is 264 cm³/mol. The van der Waals surface area contributed by atoms with Crippen LogP contribution in [-0.4, -0.2) is 19.1 Å². The van der Waals surface area contributed by atoms with Gasteiger partial charge in [-0.25, -0.2) is 9.97 Å². The van der Waals surface area contributed by atoms with E-state index in [2.05, 4.69) is 155 Å². The second kappa shape index (κ2) is 14.5. The Morgan fingerprint density at radius 2 is 0.969 bits per heavy atom. The minimum absolute atomic E-state index is 0.418. The van der Waals surface area contributed by atoms with Crippen molar-refractivity contribution in [2.24, 2.45) is 0 Å². The fourth-order valence-electron chi connectivity index (χ4n) is 10.0. The molecule has 9 aromatic carbocycles. The molecule has 0 unspecified atom stereocenters. The van der Waals surface area contributed by atoms with Crippen molar-refractivity contribution in [3.63, 3.8) is 0 Å². The van der Waals surface area contributed by atoms with Crippen LogP contribution < -0.4 is 0 Å². The molecule has 0 aliphatic rings. The molecule has 6 nitrogen and oxygen atoms in total. The van der Waals surface area contributed by atoms with E-state index in [1.54, 1.807) is 0 Å². The summed E-state index contributed by atoms with van der Waals surface area (Å²) in [5.41, 5.74) is 14.2. The molecule has 0 aliphatic heterocycles. The highest BCUT2D eigenvalue weighted by atomic mass is 16.3. The highest BCUT2D eigenvalue weighted by Gasteiger charge is 2.28. The Labute approximate surface area is 373 Å². The minimum atomic E-state index is 0.418. The summed E-state index contributed by atoms with van der Waals surface area (Å²) < 4.78 is 11.9. The number of furan rings is 1. The zero-order valence-corrected chi connectivity index (χ0v) is 34.9. The molecule has 0 saturated heterocycles. The van der Waals surface area contributed by atoms with Crippen LogP contribution in [0.25, 0.3) is 122 Å². The third-order valence-corrected chi connectivity index (χ3v) is 12.8. The lowest BCUT2D eigenvalue weighted by molar-refractivity contribution is 0.669. The first-order chi connectivity index (χ1) is 32.2. The largest absolute Gasteiger partial charge is 0.455 e. The Kier molecular flexibility index (Phi) is 8.17. The highest BCUT2D eigenvalue weighted by molar-refractivity contribution is 6.29. The molecule has 302 valence electrons. The number of para-hydroxylation sites is 4. The maximum Gasteiger partial charge on any atom is 0.164 e. The van der Waals surface area contributed by atoms with Gasteiger partial charge < -0.3 is 13.6 Å². The van der Waals surface area contributed by atoms with E-state index in [1.165, 1.54) is 16.3 Å². The second-order valence-corrected chi connectivity index (χ2v) is 16.3. The summed E-state index contributed by atoms with van der Waals surface area (Å²) in [6.07, 6.45) is 0. The van der Waals surface area contributed by atoms with Crippen LogP contribution in [0.2, 0.25) is 0 Å². The van der Waals surface area contributed by atoms with E-state index in [-0.39, 0.29) is 0 Å². The van der Waals surface area contributed by atoms with Gasteiger partial charge in [-0.05, 0) is 59.7 Å². The first kappa shape index (κ1) is 36.6. The first-order valence-electron chi connectivity index (χ1n) is 21.7. The number of fused-ring (bicyclic) bond motifs is 10. The highest BCUT2D eigenvalue weighted by Crippen LogP contribution is 2.48. The van der Waals surface area contributed by atoms with Gasteiger partial charge in [-0.1, -0.05) is 164 Å². The van der Waals surface area contributed by atoms with E-state index >= 15 is 0 Å². The number of rotatable bonds is 6. The average Bonchev–Trinajstić information content (AvgIpc) is 4.05. The van der Waals surface area contributed by atoms with Gasteiger partial charge in [0.1, 0.15) is 22.8 Å². The lowest BCUT2D eigenvalue weighted by Crippen LogP contribution is -2.02. The van der Waals surface area contributed by atoms with Gasteiger partial charge in [0, 0.05) is 43.7 Å². The lowest BCUT2D eigenvalue weighted by atomic mass is 9.96. The number of benzene rings is 9. The number of hydrogen-bond donors (Lipinski definition) is 0. The molecular weight excluding hydrogens is 795 g/mol. The van der Waals surface area contributed by atoms with Crippen molar-refractivity contribution in [2.45, 2.75) is 0 Å². The average molecular weight is 830 g/mol. The summed E-state index contributed by atoms with van der Waals surface area (Å²) in [4.78, 5) is 10.5. The molecule has 0 aliphatic carbocycles. The zero-order chi connectivity index (χ0) is 43.0. The van der Waals surface area contributed by atoms with Crippen molar-refractivity contribution in [1.82, 2.24) is 19.1 Å². The van der Waals surface area contributed by atoms with Gasteiger partial charge in [0.25, 0.3) is 0 Å². The summed E-state index contributed by atoms with van der Waals surface area (Å²) in [5.74, 6) is 0.471. The van der Waals surface area contributed by atoms with Crippen molar-refractivity contribution >= 4 is 65.6 Å². The van der Waals surface area contributed by atoms with Crippen molar-refractivity contribution in [3.8, 4) is 62.5 Å². The molecule has 0 fully saturated rings. The van der Waals surface area contributed by atoms with Crippen LogP contribution in [0.4, 0.5) is 0 Å². The van der Waals surface area contributed by atoms with Gasteiger partial charge in [0.15, 0.2) is 5.82 Å². The predicted octanol–water partition coefficient (Wildman–Crippen LogP) is 15.1. The second-order valence-electron chi connectivity index (χ2n) is 16.3. The summed E-state index contributed by atoms with van der Waals surface area (Å²) in [5, 5.41) is 17.3. The van der Waals surface area contributed by atoms with Crippen LogP contribution in [0, 0.1) is 11.3 Å². The Balaban J connectivity index is 1.19. The molecule has 0 radical (unpaired) electrons. The van der Waals surface area contributed by atoms with Crippen LogP contribution in [0.5, 0.6) is 0 Å². The van der Waals surface area contributed by atoms with E-state index in [4.69, 9.17) is 14.4 Å². The Bertz CT molecular complexity index is 3990. The van der Waals surface area contributed by atoms with Crippen LogP contribution in [0.3, 0.4) is 0 Å². The summed E-state index contributed by atoms with van der Waals surface area (Å²) in [6.45, 7) is 0. The van der Waals surface area contributed by atoms with E-state index in [1.807, 2.05) is 72.8 Å². The Hall–Kier alpha value is -9.05. The third-order valence-electron chi connectivity index (χ3n) is 12.8. The quantitative estimate of drug-likeness (QED) is 0.167. The van der Waals surface area contributed by atoms with Gasteiger partial charge >= 0.3 is 0 Å². The fraction of sp³-hybridized carbons (Fsp3) is 0. The molecule has 0 amide bonds. The van der Waals surface area contributed by atoms with Crippen molar-refractivity contribution in [2.75, 3.05) is 0 Å². The molecule has 0 spiro atoms. The van der Waals surface area contributed by atoms with Crippen molar-refractivity contribution in [3.05, 3.63) is 218 Å². The molecule has 4 aromatic heterocycles. The minimum Gasteiger partial charge on any atom is -0.455 e. The molecule has 13 aromatic rings. The fourth-order valence-corrected chi connectivity index (χ4v) is 10.0. The van der Waals surface area contributed by atoms with Gasteiger partial charge in [-0.2, -0.15) is 5.26 Å². The van der Waals surface area contributed by atoms with Crippen molar-refractivity contribution in [1.29, 1.82) is 5.26 Å². The molecule has 4 heterocycles. The zero-order valence-electron chi connectivity index (χ0n) is 34.9. The van der Waals surface area contributed by atoms with E-state index in [0.29, 0.717) is 28.4 Å². The van der Waals surface area contributed by atoms with E-state index < -0.39 is 0 Å². The summed E-state index contributed by atoms with van der Waals surface area (Å²) >= 11 is 0. The number of nitrogens with zero attached hydrogens (tertiary/aromatic N) is 5. The van der Waals surface area contributed by atoms with E-state index in [0.717, 1.165) is 82.8 Å². The summed E-state index contributed by atoms with van der Waals surface area (Å²) in [7, 11) is 0. The van der Waals surface area contributed by atoms with Gasteiger partial charge in [-0.15, -0.1) is 0 Å². The van der Waals surface area contributed by atoms with Gasteiger partial charge in [-0.3, -0.25) is 0 Å². The number of hydrogen-bond acceptors (Lipinski definition) is 4. The third kappa shape index (κ3) is 5.53. The van der Waals surface area contributed by atoms with Crippen LogP contribution in [-0.2, 0) is 0 Å². The van der Waals surface area contributed by atoms with Gasteiger partial charge in [0.05, 0.1) is 50.1 Å². The Morgan fingerprint density at radius 1 is 0.431 bits per heavy atom. The summed E-state index contributed by atoms with van der Waals surface area (Å²) in [6, 6.07) is 76.1. The van der Waals surface area contributed by atoms with E-state index in [9.17, 15) is 5.26 Å². The number of nitriles is 1. The molecular formula is C59H35N5O. The molecule has 65 heavy (non-hydrogen) atoms. The maximum atomic E-state index is 10.7. The first-order valence-corrected chi connectivity index (χ1v) is 21.7. The van der Waals surface area contributed by atoms with Crippen molar-refractivity contribution < 1.29 is 4.42 Å². The van der Waals surface area contributed by atoms with Crippen LogP contribution in [0.1, 0.15) is 5.56 Å². The molecule has 0 saturated carbocycles. The molecule has 13 rings (SSSR count). The molecule has 0 bridgehead atoms. The normalized spacial score (nSPS) is 11.7. The lowest BCUT2D eigenvalue weighted by Gasteiger charge is -2.16. The Morgan fingerprint density at radius 3 is 1.62 bits per heavy atom. The monoisotopic (exact) mass is 829 g/mol. The standard InChI is InChI=1S/C59H35N5O/c60-36-47-54(38-21-7-2-8-22-38)61-59(62-55(47)39-23-9-3-10-24-39)44-33-34-50(53-43-29-15-18-32-51(43)65-58(44)53)64-48-30-16-13-27-41(48)46-35-45(37-19-5-1-6-20-37)52-42-28-14-17-31-49(42)63(57(52)56(46)64)40-25-11-4-12-26-40/h1-35H. The molecule has 0 N–H and O–H groups in total. The van der Waals surface area contributed by atoms with Crippen LogP contribution >= 0.6 is 0 Å². The SMILES string of the molecule is N#Cc1c(-c2ccccc2)nc(-c2ccc(-n3c4ccccc4c4cc(-c5ccccc5)c5c6ccccc6n(-c6ccccc6)c5c43)c3c2oc2ccccc23)nc1-c1ccccc1. The smallest absolute Gasteiger partial charge is 0.164 e. The number of aromatic nitrogens is 4. The molecule has 0 atom stereocenters. The maximum absolute atomic E-state index is 10.7. The molecule has 6 heteroatoms. The topological polar surface area (TPSA) is 72.6 Å². The van der Waals surface area contributed by atoms with Crippen LogP contribution in [0.15, 0.2) is 217 Å².